The number of hydrogen-bond acceptors (Lipinski definition) is 4. The molecule has 0 atom stereocenters. The van der Waals surface area contributed by atoms with E-state index in [2.05, 4.69) is 53.1 Å². The summed E-state index contributed by atoms with van der Waals surface area (Å²) >= 11 is 0. The van der Waals surface area contributed by atoms with Crippen molar-refractivity contribution in [1.82, 2.24) is 15.2 Å². The number of aromatic nitrogens is 1. The average molecular weight is 276 g/mol. The van der Waals surface area contributed by atoms with Crippen LogP contribution in [0.1, 0.15) is 32.3 Å². The summed E-state index contributed by atoms with van der Waals surface area (Å²) in [5.74, 6) is 1.11. The first kappa shape index (κ1) is 15.3. The van der Waals surface area contributed by atoms with Gasteiger partial charge in [0.25, 0.3) is 0 Å². The van der Waals surface area contributed by atoms with Crippen LogP contribution in [0.4, 0.5) is 5.82 Å². The molecule has 1 aromatic rings. The fraction of sp³-hybridized carbons (Fsp3) is 0.688. The highest BCUT2D eigenvalue weighted by Crippen LogP contribution is 2.21. The highest BCUT2D eigenvalue weighted by atomic mass is 15.2. The van der Waals surface area contributed by atoms with Gasteiger partial charge in [-0.15, -0.1) is 0 Å². The summed E-state index contributed by atoms with van der Waals surface area (Å²) in [7, 11) is 2.19. The van der Waals surface area contributed by atoms with E-state index in [9.17, 15) is 0 Å². The minimum Gasteiger partial charge on any atom is -0.357 e. The third-order valence-corrected chi connectivity index (χ3v) is 4.30. The first-order valence-electron chi connectivity index (χ1n) is 7.85. The van der Waals surface area contributed by atoms with E-state index in [1.807, 2.05) is 6.20 Å². The monoisotopic (exact) mass is 276 g/mol. The van der Waals surface area contributed by atoms with Gasteiger partial charge in [0.1, 0.15) is 5.82 Å². The topological polar surface area (TPSA) is 31.4 Å². The van der Waals surface area contributed by atoms with Crippen LogP contribution in [0.3, 0.4) is 0 Å². The minimum atomic E-state index is 0.625. The van der Waals surface area contributed by atoms with Gasteiger partial charge in [0.15, 0.2) is 0 Å². The number of anilines is 1. The molecule has 0 radical (unpaired) electrons. The average Bonchev–Trinajstić information content (AvgIpc) is 2.52. The van der Waals surface area contributed by atoms with Crippen molar-refractivity contribution in [1.29, 1.82) is 0 Å². The Morgan fingerprint density at radius 3 is 2.75 bits per heavy atom. The van der Waals surface area contributed by atoms with Gasteiger partial charge in [-0.05, 0) is 43.6 Å². The Morgan fingerprint density at radius 2 is 2.10 bits per heavy atom. The summed E-state index contributed by atoms with van der Waals surface area (Å²) < 4.78 is 0. The number of piperidine rings is 1. The molecule has 0 amide bonds. The third kappa shape index (κ3) is 3.93. The molecule has 0 bridgehead atoms. The van der Waals surface area contributed by atoms with E-state index in [1.165, 1.54) is 38.0 Å². The van der Waals surface area contributed by atoms with Crippen LogP contribution in [0.15, 0.2) is 18.3 Å². The maximum Gasteiger partial charge on any atom is 0.128 e. The summed E-state index contributed by atoms with van der Waals surface area (Å²) in [5, 5.41) is 3.37. The number of hydrogen-bond donors (Lipinski definition) is 1. The van der Waals surface area contributed by atoms with Crippen molar-refractivity contribution >= 4 is 5.82 Å². The lowest BCUT2D eigenvalue weighted by Crippen LogP contribution is -2.43. The van der Waals surface area contributed by atoms with Crippen molar-refractivity contribution in [3.63, 3.8) is 0 Å². The van der Waals surface area contributed by atoms with Crippen molar-refractivity contribution in [2.75, 3.05) is 38.1 Å². The second-order valence-corrected chi connectivity index (χ2v) is 5.58. The molecule has 20 heavy (non-hydrogen) atoms. The van der Waals surface area contributed by atoms with Crippen molar-refractivity contribution in [3.05, 3.63) is 23.9 Å². The van der Waals surface area contributed by atoms with Crippen LogP contribution < -0.4 is 10.2 Å². The Kier molecular flexibility index (Phi) is 5.80. The van der Waals surface area contributed by atoms with E-state index in [1.54, 1.807) is 0 Å². The number of rotatable bonds is 6. The molecule has 2 rings (SSSR count). The van der Waals surface area contributed by atoms with E-state index in [4.69, 9.17) is 0 Å². The summed E-state index contributed by atoms with van der Waals surface area (Å²) in [6.45, 7) is 9.90. The summed E-state index contributed by atoms with van der Waals surface area (Å²) in [6.07, 6.45) is 4.41. The molecule has 1 fully saturated rings. The standard InChI is InChI=1S/C16H28N4/c1-4-17-13-14-6-9-18-16(12-14)19(3)15-7-10-20(5-2)11-8-15/h6,9,12,15,17H,4-5,7-8,10-11,13H2,1-3H3. The third-order valence-electron chi connectivity index (χ3n) is 4.30. The van der Waals surface area contributed by atoms with Crippen LogP contribution in [0, 0.1) is 0 Å². The molecule has 1 aliphatic heterocycles. The lowest BCUT2D eigenvalue weighted by Gasteiger charge is -2.37. The second-order valence-electron chi connectivity index (χ2n) is 5.58. The van der Waals surface area contributed by atoms with E-state index >= 15 is 0 Å². The maximum atomic E-state index is 4.55. The molecule has 1 N–H and O–H groups in total. The minimum absolute atomic E-state index is 0.625. The molecule has 0 aromatic carbocycles. The highest BCUT2D eigenvalue weighted by molar-refractivity contribution is 5.41. The quantitative estimate of drug-likeness (QED) is 0.862. The summed E-state index contributed by atoms with van der Waals surface area (Å²) in [5.41, 5.74) is 1.31. The molecule has 4 heteroatoms. The zero-order valence-corrected chi connectivity index (χ0v) is 13.1. The number of nitrogens with zero attached hydrogens (tertiary/aromatic N) is 3. The molecule has 0 spiro atoms. The highest BCUT2D eigenvalue weighted by Gasteiger charge is 2.22. The molecule has 1 aliphatic rings. The van der Waals surface area contributed by atoms with Crippen molar-refractivity contribution in [2.24, 2.45) is 0 Å². The van der Waals surface area contributed by atoms with Gasteiger partial charge < -0.3 is 15.1 Å². The number of likely N-dealkylation sites (tertiary alicyclic amines) is 1. The Labute approximate surface area is 123 Å². The van der Waals surface area contributed by atoms with Crippen LogP contribution in [-0.2, 0) is 6.54 Å². The summed E-state index contributed by atoms with van der Waals surface area (Å²) in [4.78, 5) is 9.44. The predicted octanol–water partition coefficient (Wildman–Crippen LogP) is 2.11. The van der Waals surface area contributed by atoms with E-state index in [-0.39, 0.29) is 0 Å². The summed E-state index contributed by atoms with van der Waals surface area (Å²) in [6, 6.07) is 4.94. The lowest BCUT2D eigenvalue weighted by atomic mass is 10.0. The smallest absolute Gasteiger partial charge is 0.128 e. The fourth-order valence-electron chi connectivity index (χ4n) is 2.84. The first-order valence-corrected chi connectivity index (χ1v) is 7.85. The van der Waals surface area contributed by atoms with Gasteiger partial charge in [0, 0.05) is 38.9 Å². The van der Waals surface area contributed by atoms with Crippen LogP contribution in [-0.4, -0.2) is 49.2 Å². The fourth-order valence-corrected chi connectivity index (χ4v) is 2.84. The molecule has 2 heterocycles. The maximum absolute atomic E-state index is 4.55. The van der Waals surface area contributed by atoms with Gasteiger partial charge in [-0.3, -0.25) is 0 Å². The lowest BCUT2D eigenvalue weighted by molar-refractivity contribution is 0.220. The Hall–Kier alpha value is -1.13. The van der Waals surface area contributed by atoms with Gasteiger partial charge >= 0.3 is 0 Å². The van der Waals surface area contributed by atoms with Gasteiger partial charge in [0.05, 0.1) is 0 Å². The molecule has 1 aromatic heterocycles. The zero-order valence-electron chi connectivity index (χ0n) is 13.1. The van der Waals surface area contributed by atoms with Gasteiger partial charge in [0.2, 0.25) is 0 Å². The predicted molar refractivity (Wildman–Crippen MR) is 85.2 cm³/mol. The molecule has 0 aliphatic carbocycles. The van der Waals surface area contributed by atoms with E-state index in [0.717, 1.165) is 18.9 Å². The molecule has 0 unspecified atom stereocenters. The zero-order chi connectivity index (χ0) is 14.4. The molecular formula is C16H28N4. The molecular weight excluding hydrogens is 248 g/mol. The van der Waals surface area contributed by atoms with Crippen LogP contribution in [0.2, 0.25) is 0 Å². The van der Waals surface area contributed by atoms with Crippen LogP contribution in [0.5, 0.6) is 0 Å². The van der Waals surface area contributed by atoms with Crippen molar-refractivity contribution < 1.29 is 0 Å². The normalized spacial score (nSPS) is 17.4. The number of nitrogens with one attached hydrogen (secondary N) is 1. The molecule has 1 saturated heterocycles. The SMILES string of the molecule is CCNCc1ccnc(N(C)C2CCN(CC)CC2)c1. The van der Waals surface area contributed by atoms with Gasteiger partial charge in [-0.1, -0.05) is 13.8 Å². The largest absolute Gasteiger partial charge is 0.357 e. The second kappa shape index (κ2) is 7.60. The Morgan fingerprint density at radius 1 is 1.35 bits per heavy atom. The Balaban J connectivity index is 1.96. The van der Waals surface area contributed by atoms with Crippen molar-refractivity contribution in [2.45, 2.75) is 39.3 Å². The van der Waals surface area contributed by atoms with Crippen molar-refractivity contribution in [3.8, 4) is 0 Å². The van der Waals surface area contributed by atoms with Gasteiger partial charge in [-0.25, -0.2) is 4.98 Å². The van der Waals surface area contributed by atoms with E-state index < -0.39 is 0 Å². The Bertz CT molecular complexity index is 399. The van der Waals surface area contributed by atoms with Crippen LogP contribution in [0.25, 0.3) is 0 Å². The van der Waals surface area contributed by atoms with Gasteiger partial charge in [-0.2, -0.15) is 0 Å². The first-order chi connectivity index (χ1) is 9.74. The van der Waals surface area contributed by atoms with E-state index in [0.29, 0.717) is 6.04 Å². The van der Waals surface area contributed by atoms with Crippen LogP contribution >= 0.6 is 0 Å². The number of pyridine rings is 1. The molecule has 4 nitrogen and oxygen atoms in total. The molecule has 0 saturated carbocycles. The molecule has 112 valence electrons.